The van der Waals surface area contributed by atoms with Gasteiger partial charge in [-0.05, 0) is 25.5 Å². The number of rotatable bonds is 6. The summed E-state index contributed by atoms with van der Waals surface area (Å²) in [5, 5.41) is 5.05. The largest absolute Gasteiger partial charge is 0.354 e. The van der Waals surface area contributed by atoms with Crippen molar-refractivity contribution in [1.29, 1.82) is 0 Å². The molecule has 0 aliphatic heterocycles. The molecule has 1 unspecified atom stereocenters. The van der Waals surface area contributed by atoms with Gasteiger partial charge in [-0.1, -0.05) is 6.92 Å². The number of hydrogen-bond donors (Lipinski definition) is 2. The van der Waals surface area contributed by atoms with Crippen molar-refractivity contribution in [1.82, 2.24) is 10.6 Å². The lowest BCUT2D eigenvalue weighted by molar-refractivity contribution is -0.121. The molecule has 1 atom stereocenters. The minimum Gasteiger partial charge on any atom is -0.354 e. The average molecular weight is 302 g/mol. The molecule has 0 fully saturated rings. The van der Waals surface area contributed by atoms with Crippen LogP contribution in [0.15, 0.2) is 12.1 Å². The van der Waals surface area contributed by atoms with Gasteiger partial charge in [-0.2, -0.15) is 0 Å². The number of benzene rings is 1. The Labute approximate surface area is 120 Å². The summed E-state index contributed by atoms with van der Waals surface area (Å²) in [6.45, 7) is 3.78. The molecule has 0 heterocycles. The van der Waals surface area contributed by atoms with Crippen LogP contribution in [0.5, 0.6) is 0 Å². The normalized spacial score (nSPS) is 11.9. The van der Waals surface area contributed by atoms with Gasteiger partial charge in [-0.25, -0.2) is 13.2 Å². The van der Waals surface area contributed by atoms with Gasteiger partial charge >= 0.3 is 0 Å². The molecule has 0 saturated carbocycles. The molecule has 0 saturated heterocycles. The zero-order chi connectivity index (χ0) is 16.0. The lowest BCUT2D eigenvalue weighted by Gasteiger charge is -2.11. The Bertz CT molecular complexity index is 512. The molecular formula is C14H17F3N2O2. The van der Waals surface area contributed by atoms with E-state index >= 15 is 0 Å². The second kappa shape index (κ2) is 7.66. The molecule has 4 nitrogen and oxygen atoms in total. The van der Waals surface area contributed by atoms with E-state index in [1.54, 1.807) is 0 Å². The lowest BCUT2D eigenvalue weighted by atomic mass is 10.2. The number of carbonyl (C=O) groups is 2. The van der Waals surface area contributed by atoms with E-state index in [1.807, 2.05) is 13.8 Å². The molecule has 0 aliphatic carbocycles. The Morgan fingerprint density at radius 3 is 2.29 bits per heavy atom. The summed E-state index contributed by atoms with van der Waals surface area (Å²) in [7, 11) is 0. The number of amides is 2. The number of halogens is 3. The second-order valence-corrected chi connectivity index (χ2v) is 4.64. The summed E-state index contributed by atoms with van der Waals surface area (Å²) in [6.07, 6.45) is 0.828. The van der Waals surface area contributed by atoms with Crippen molar-refractivity contribution < 1.29 is 22.8 Å². The third-order valence-electron chi connectivity index (χ3n) is 2.90. The molecule has 0 aromatic heterocycles. The molecule has 21 heavy (non-hydrogen) atoms. The highest BCUT2D eigenvalue weighted by atomic mass is 19.2. The summed E-state index contributed by atoms with van der Waals surface area (Å²) in [6, 6.07) is 1.24. The lowest BCUT2D eigenvalue weighted by Crippen LogP contribution is -2.35. The van der Waals surface area contributed by atoms with E-state index in [2.05, 4.69) is 10.6 Å². The predicted molar refractivity (Wildman–Crippen MR) is 71.2 cm³/mol. The van der Waals surface area contributed by atoms with E-state index in [9.17, 15) is 22.8 Å². The molecule has 0 aliphatic rings. The van der Waals surface area contributed by atoms with Gasteiger partial charge in [-0.3, -0.25) is 9.59 Å². The van der Waals surface area contributed by atoms with Crippen LogP contribution >= 0.6 is 0 Å². The van der Waals surface area contributed by atoms with Crippen molar-refractivity contribution >= 4 is 11.8 Å². The third kappa shape index (κ3) is 5.09. The van der Waals surface area contributed by atoms with Crippen LogP contribution in [0.2, 0.25) is 0 Å². The van der Waals surface area contributed by atoms with Crippen molar-refractivity contribution in [2.75, 3.05) is 6.54 Å². The fourth-order valence-corrected chi connectivity index (χ4v) is 1.53. The van der Waals surface area contributed by atoms with Gasteiger partial charge in [0, 0.05) is 24.6 Å². The summed E-state index contributed by atoms with van der Waals surface area (Å²) in [5.74, 6) is -5.51. The third-order valence-corrected chi connectivity index (χ3v) is 2.90. The van der Waals surface area contributed by atoms with E-state index < -0.39 is 23.4 Å². The monoisotopic (exact) mass is 302 g/mol. The summed E-state index contributed by atoms with van der Waals surface area (Å²) < 4.78 is 38.7. The Kier molecular flexibility index (Phi) is 6.20. The topological polar surface area (TPSA) is 58.2 Å². The Morgan fingerprint density at radius 2 is 1.76 bits per heavy atom. The van der Waals surface area contributed by atoms with Crippen molar-refractivity contribution in [2.45, 2.75) is 32.7 Å². The minimum absolute atomic E-state index is 0.0156. The molecule has 116 valence electrons. The molecule has 2 amide bonds. The number of nitrogens with one attached hydrogen (secondary N) is 2. The zero-order valence-corrected chi connectivity index (χ0v) is 11.8. The maximum Gasteiger partial charge on any atom is 0.251 e. The Balaban J connectivity index is 2.50. The summed E-state index contributed by atoms with van der Waals surface area (Å²) >= 11 is 0. The van der Waals surface area contributed by atoms with Crippen LogP contribution in [0.1, 0.15) is 37.0 Å². The van der Waals surface area contributed by atoms with Crippen LogP contribution in [0.4, 0.5) is 13.2 Å². The smallest absolute Gasteiger partial charge is 0.251 e. The van der Waals surface area contributed by atoms with Crippen LogP contribution in [0.25, 0.3) is 0 Å². The molecule has 0 spiro atoms. The fourth-order valence-electron chi connectivity index (χ4n) is 1.53. The van der Waals surface area contributed by atoms with Gasteiger partial charge in [0.25, 0.3) is 5.91 Å². The highest BCUT2D eigenvalue weighted by Gasteiger charge is 2.15. The molecule has 7 heteroatoms. The second-order valence-electron chi connectivity index (χ2n) is 4.64. The molecular weight excluding hydrogens is 285 g/mol. The van der Waals surface area contributed by atoms with Crippen molar-refractivity contribution in [2.24, 2.45) is 0 Å². The molecule has 1 rings (SSSR count). The van der Waals surface area contributed by atoms with Crippen LogP contribution in [0, 0.1) is 17.5 Å². The van der Waals surface area contributed by atoms with Gasteiger partial charge < -0.3 is 10.6 Å². The van der Waals surface area contributed by atoms with Gasteiger partial charge in [0.2, 0.25) is 5.91 Å². The van der Waals surface area contributed by atoms with E-state index in [1.165, 1.54) is 0 Å². The summed E-state index contributed by atoms with van der Waals surface area (Å²) in [4.78, 5) is 23.1. The zero-order valence-electron chi connectivity index (χ0n) is 11.8. The molecule has 1 aromatic rings. The number of carbonyl (C=O) groups excluding carboxylic acids is 2. The Morgan fingerprint density at radius 1 is 1.19 bits per heavy atom. The maximum atomic E-state index is 13.0. The van der Waals surface area contributed by atoms with Gasteiger partial charge in [0.1, 0.15) is 0 Å². The standard InChI is InChI=1S/C14H17F3N2O2/c1-3-8(2)19-12(20)4-5-18-14(21)9-6-10(15)13(17)11(16)7-9/h6-8H,3-5H2,1-2H3,(H,18,21)(H,19,20). The van der Waals surface area contributed by atoms with Gasteiger partial charge in [0.05, 0.1) is 0 Å². The SMILES string of the molecule is CCC(C)NC(=O)CCNC(=O)c1cc(F)c(F)c(F)c1. The van der Waals surface area contributed by atoms with Crippen LogP contribution in [-0.2, 0) is 4.79 Å². The quantitative estimate of drug-likeness (QED) is 0.791. The first-order valence-corrected chi connectivity index (χ1v) is 6.57. The van der Waals surface area contributed by atoms with Gasteiger partial charge in [-0.15, -0.1) is 0 Å². The van der Waals surface area contributed by atoms with E-state index in [-0.39, 0.29) is 30.5 Å². The Hall–Kier alpha value is -2.05. The summed E-state index contributed by atoms with van der Waals surface area (Å²) in [5.41, 5.74) is -0.339. The van der Waals surface area contributed by atoms with Gasteiger partial charge in [0.15, 0.2) is 17.5 Å². The average Bonchev–Trinajstić information content (AvgIpc) is 2.43. The van der Waals surface area contributed by atoms with Crippen LogP contribution in [0.3, 0.4) is 0 Å². The van der Waals surface area contributed by atoms with E-state index in [0.29, 0.717) is 12.1 Å². The van der Waals surface area contributed by atoms with Crippen molar-refractivity contribution in [3.05, 3.63) is 35.1 Å². The first-order chi connectivity index (χ1) is 9.85. The van der Waals surface area contributed by atoms with E-state index in [0.717, 1.165) is 6.42 Å². The molecule has 0 radical (unpaired) electrons. The predicted octanol–water partition coefficient (Wildman–Crippen LogP) is 2.14. The molecule has 2 N–H and O–H groups in total. The first kappa shape index (κ1) is 17.0. The first-order valence-electron chi connectivity index (χ1n) is 6.57. The highest BCUT2D eigenvalue weighted by Crippen LogP contribution is 2.13. The van der Waals surface area contributed by atoms with Crippen LogP contribution < -0.4 is 10.6 Å². The number of hydrogen-bond acceptors (Lipinski definition) is 2. The van der Waals surface area contributed by atoms with Crippen LogP contribution in [-0.4, -0.2) is 24.4 Å². The minimum atomic E-state index is -1.63. The highest BCUT2D eigenvalue weighted by molar-refractivity contribution is 5.94. The maximum absolute atomic E-state index is 13.0. The van der Waals surface area contributed by atoms with E-state index in [4.69, 9.17) is 0 Å². The van der Waals surface area contributed by atoms with Crippen molar-refractivity contribution in [3.63, 3.8) is 0 Å². The fraction of sp³-hybridized carbons (Fsp3) is 0.429. The van der Waals surface area contributed by atoms with Crippen molar-refractivity contribution in [3.8, 4) is 0 Å². The molecule has 1 aromatic carbocycles. The molecule has 0 bridgehead atoms.